The van der Waals surface area contributed by atoms with Crippen molar-refractivity contribution in [3.63, 3.8) is 0 Å². The first kappa shape index (κ1) is 12.8. The van der Waals surface area contributed by atoms with Gasteiger partial charge in [-0.1, -0.05) is 31.5 Å². The Labute approximate surface area is 107 Å². The smallest absolute Gasteiger partial charge is 0.129 e. The van der Waals surface area contributed by atoms with Crippen LogP contribution in [0.25, 0.3) is 0 Å². The molecule has 3 nitrogen and oxygen atoms in total. The second-order valence-corrected chi connectivity index (χ2v) is 5.44. The van der Waals surface area contributed by atoms with Gasteiger partial charge in [0.15, 0.2) is 0 Å². The minimum atomic E-state index is -0.813. The van der Waals surface area contributed by atoms with Crippen LogP contribution in [0.2, 0.25) is 5.15 Å². The Morgan fingerprint density at radius 2 is 1.94 bits per heavy atom. The van der Waals surface area contributed by atoms with Gasteiger partial charge in [-0.25, -0.2) is 4.98 Å². The number of hydrogen-bond donors (Lipinski definition) is 2. The van der Waals surface area contributed by atoms with E-state index in [9.17, 15) is 5.11 Å². The summed E-state index contributed by atoms with van der Waals surface area (Å²) in [7, 11) is 0. The van der Waals surface area contributed by atoms with E-state index in [4.69, 9.17) is 11.6 Å². The van der Waals surface area contributed by atoms with E-state index in [-0.39, 0.29) is 11.8 Å². The second kappa shape index (κ2) is 4.56. The molecule has 94 valence electrons. The molecule has 1 fully saturated rings. The third-order valence-electron chi connectivity index (χ3n) is 3.89. The van der Waals surface area contributed by atoms with E-state index in [2.05, 4.69) is 24.1 Å². The molecule has 1 aliphatic rings. The van der Waals surface area contributed by atoms with Gasteiger partial charge in [-0.05, 0) is 13.0 Å². The Kier molecular flexibility index (Phi) is 3.43. The molecule has 1 unspecified atom stereocenters. The lowest BCUT2D eigenvalue weighted by molar-refractivity contribution is -0.0814. The minimum absolute atomic E-state index is 0.160. The molecule has 2 heterocycles. The number of aromatic nitrogens is 1. The molecule has 2 N–H and O–H groups in total. The fourth-order valence-corrected chi connectivity index (χ4v) is 2.99. The summed E-state index contributed by atoms with van der Waals surface area (Å²) in [5.74, 6) is 0.320. The van der Waals surface area contributed by atoms with Gasteiger partial charge in [0, 0.05) is 36.2 Å². The van der Waals surface area contributed by atoms with E-state index < -0.39 is 5.60 Å². The van der Waals surface area contributed by atoms with E-state index >= 15 is 0 Å². The first-order chi connectivity index (χ1) is 7.96. The third-order valence-corrected chi connectivity index (χ3v) is 4.10. The zero-order valence-electron chi connectivity index (χ0n) is 10.5. The quantitative estimate of drug-likeness (QED) is 0.755. The second-order valence-electron chi connectivity index (χ2n) is 5.05. The normalized spacial score (nSPS) is 33.7. The van der Waals surface area contributed by atoms with Crippen LogP contribution in [0.4, 0.5) is 0 Å². The van der Waals surface area contributed by atoms with Crippen LogP contribution in [0.1, 0.15) is 25.1 Å². The monoisotopic (exact) mass is 254 g/mol. The fourth-order valence-electron chi connectivity index (χ4n) is 2.80. The Hall–Kier alpha value is -0.640. The maximum Gasteiger partial charge on any atom is 0.129 e. The van der Waals surface area contributed by atoms with Crippen LogP contribution in [0.3, 0.4) is 0 Å². The lowest BCUT2D eigenvalue weighted by Crippen LogP contribution is -2.53. The van der Waals surface area contributed by atoms with Crippen LogP contribution < -0.4 is 5.32 Å². The van der Waals surface area contributed by atoms with Crippen molar-refractivity contribution in [3.8, 4) is 0 Å². The van der Waals surface area contributed by atoms with Gasteiger partial charge < -0.3 is 10.4 Å². The molecule has 0 aromatic carbocycles. The minimum Gasteiger partial charge on any atom is -0.384 e. The molecule has 4 heteroatoms. The van der Waals surface area contributed by atoms with Crippen molar-refractivity contribution in [2.45, 2.75) is 26.4 Å². The van der Waals surface area contributed by atoms with E-state index in [0.29, 0.717) is 5.15 Å². The number of pyridine rings is 1. The highest BCUT2D eigenvalue weighted by Gasteiger charge is 2.44. The maximum absolute atomic E-state index is 11.0. The van der Waals surface area contributed by atoms with Crippen molar-refractivity contribution in [1.82, 2.24) is 10.3 Å². The number of halogens is 1. The van der Waals surface area contributed by atoms with Gasteiger partial charge in [0.2, 0.25) is 0 Å². The summed E-state index contributed by atoms with van der Waals surface area (Å²) in [5, 5.41) is 14.8. The molecule has 0 spiro atoms. The molecular weight excluding hydrogens is 236 g/mol. The van der Waals surface area contributed by atoms with Gasteiger partial charge in [-0.2, -0.15) is 0 Å². The lowest BCUT2D eigenvalue weighted by atomic mass is 9.71. The van der Waals surface area contributed by atoms with Gasteiger partial charge in [-0.3, -0.25) is 0 Å². The van der Waals surface area contributed by atoms with Crippen molar-refractivity contribution in [2.75, 3.05) is 13.1 Å². The first-order valence-electron chi connectivity index (χ1n) is 6.03. The molecule has 0 aliphatic carbocycles. The van der Waals surface area contributed by atoms with Crippen LogP contribution in [-0.4, -0.2) is 23.2 Å². The molecular formula is C13H19ClN2O. The summed E-state index contributed by atoms with van der Waals surface area (Å²) < 4.78 is 0. The topological polar surface area (TPSA) is 45.2 Å². The van der Waals surface area contributed by atoms with Crippen molar-refractivity contribution < 1.29 is 5.11 Å². The lowest BCUT2D eigenvalue weighted by Gasteiger charge is -2.44. The highest BCUT2D eigenvalue weighted by molar-refractivity contribution is 6.29. The Morgan fingerprint density at radius 3 is 2.47 bits per heavy atom. The molecule has 2 rings (SSSR count). The Morgan fingerprint density at radius 1 is 1.35 bits per heavy atom. The molecule has 1 aromatic heterocycles. The average Bonchev–Trinajstić information content (AvgIpc) is 2.26. The number of aliphatic hydroxyl groups is 1. The zero-order chi connectivity index (χ0) is 12.6. The molecule has 1 aliphatic heterocycles. The number of rotatable bonds is 1. The van der Waals surface area contributed by atoms with Gasteiger partial charge in [0.25, 0.3) is 0 Å². The predicted molar refractivity (Wildman–Crippen MR) is 69.1 cm³/mol. The maximum atomic E-state index is 11.0. The van der Waals surface area contributed by atoms with Gasteiger partial charge >= 0.3 is 0 Å². The molecule has 3 atom stereocenters. The SMILES string of the molecule is Cc1nc(Cl)ccc1C1(O)[C@H](C)CNC[C@@H]1C. The molecule has 0 radical (unpaired) electrons. The summed E-state index contributed by atoms with van der Waals surface area (Å²) in [6.45, 7) is 7.68. The number of aryl methyl sites for hydroxylation is 1. The van der Waals surface area contributed by atoms with Crippen LogP contribution in [-0.2, 0) is 5.60 Å². The van der Waals surface area contributed by atoms with Crippen molar-refractivity contribution in [1.29, 1.82) is 0 Å². The van der Waals surface area contributed by atoms with E-state index in [1.807, 2.05) is 13.0 Å². The first-order valence-corrected chi connectivity index (χ1v) is 6.40. The van der Waals surface area contributed by atoms with E-state index in [0.717, 1.165) is 24.3 Å². The van der Waals surface area contributed by atoms with E-state index in [1.165, 1.54) is 0 Å². The predicted octanol–water partition coefficient (Wildman–Crippen LogP) is 2.11. The molecule has 1 saturated heterocycles. The van der Waals surface area contributed by atoms with Gasteiger partial charge in [-0.15, -0.1) is 0 Å². The summed E-state index contributed by atoms with van der Waals surface area (Å²) in [6.07, 6.45) is 0. The largest absolute Gasteiger partial charge is 0.384 e. The summed E-state index contributed by atoms with van der Waals surface area (Å²) >= 11 is 5.87. The molecule has 0 bridgehead atoms. The average molecular weight is 255 g/mol. The third kappa shape index (κ3) is 2.07. The van der Waals surface area contributed by atoms with Crippen molar-refractivity contribution in [2.24, 2.45) is 11.8 Å². The molecule has 0 amide bonds. The number of nitrogens with zero attached hydrogens (tertiary/aromatic N) is 1. The van der Waals surface area contributed by atoms with Gasteiger partial charge in [0.05, 0.1) is 5.60 Å². The molecule has 17 heavy (non-hydrogen) atoms. The Balaban J connectivity index is 2.48. The molecule has 0 saturated carbocycles. The van der Waals surface area contributed by atoms with Crippen molar-refractivity contribution >= 4 is 11.6 Å². The highest BCUT2D eigenvalue weighted by Crippen LogP contribution is 2.40. The zero-order valence-corrected chi connectivity index (χ0v) is 11.3. The van der Waals surface area contributed by atoms with E-state index in [1.54, 1.807) is 6.07 Å². The molecule has 1 aromatic rings. The summed E-state index contributed by atoms with van der Waals surface area (Å²) in [6, 6.07) is 3.66. The van der Waals surface area contributed by atoms with Crippen molar-refractivity contribution in [3.05, 3.63) is 28.5 Å². The van der Waals surface area contributed by atoms with Crippen LogP contribution >= 0.6 is 11.6 Å². The number of nitrogens with one attached hydrogen (secondary N) is 1. The summed E-state index contributed by atoms with van der Waals surface area (Å²) in [5.41, 5.74) is 0.913. The number of hydrogen-bond acceptors (Lipinski definition) is 3. The fraction of sp³-hybridized carbons (Fsp3) is 0.615. The van der Waals surface area contributed by atoms with Crippen LogP contribution in [0.15, 0.2) is 12.1 Å². The van der Waals surface area contributed by atoms with Gasteiger partial charge in [0.1, 0.15) is 5.15 Å². The highest BCUT2D eigenvalue weighted by atomic mass is 35.5. The standard InChI is InChI=1S/C13H19ClN2O/c1-8-6-15-7-9(2)13(8,17)11-4-5-12(14)16-10(11)3/h4-5,8-9,15,17H,6-7H2,1-3H3/t8-,9+,13?. The Bertz CT molecular complexity index is 412. The summed E-state index contributed by atoms with van der Waals surface area (Å²) in [4.78, 5) is 4.25. The van der Waals surface area contributed by atoms with Crippen LogP contribution in [0, 0.1) is 18.8 Å². The number of piperidine rings is 1. The van der Waals surface area contributed by atoms with Crippen LogP contribution in [0.5, 0.6) is 0 Å².